The number of aliphatic carboxylic acids is 1. The van der Waals surface area contributed by atoms with Crippen LogP contribution in [0, 0.1) is 0 Å². The molecule has 0 aromatic heterocycles. The number of nitrogens with zero attached hydrogens (tertiary/aromatic N) is 1. The number of carboxylic acid groups (broad SMARTS) is 1. The summed E-state index contributed by atoms with van der Waals surface area (Å²) in [6.07, 6.45) is 0.413. The van der Waals surface area contributed by atoms with Crippen LogP contribution < -0.4 is 0 Å². The highest BCUT2D eigenvalue weighted by Crippen LogP contribution is 2.22. The maximum atomic E-state index is 12.2. The van der Waals surface area contributed by atoms with Crippen molar-refractivity contribution in [3.63, 3.8) is 0 Å². The summed E-state index contributed by atoms with van der Waals surface area (Å²) in [5.41, 5.74) is 0. The average Bonchev–Trinajstić information content (AvgIpc) is 2.73. The minimum atomic E-state index is -0.980. The summed E-state index contributed by atoms with van der Waals surface area (Å²) < 4.78 is 5.27. The van der Waals surface area contributed by atoms with Gasteiger partial charge in [-0.1, -0.05) is 6.92 Å². The molecule has 0 spiro atoms. The summed E-state index contributed by atoms with van der Waals surface area (Å²) in [4.78, 5) is 24.7. The SMILES string of the molecule is CCCN(C(=O)[C@@H]1CC[C@H](C(=O)O)O1)C(C)C. The van der Waals surface area contributed by atoms with Crippen LogP contribution in [0.25, 0.3) is 0 Å². The molecule has 1 heterocycles. The van der Waals surface area contributed by atoms with Gasteiger partial charge in [-0.2, -0.15) is 0 Å². The van der Waals surface area contributed by atoms with Crippen molar-refractivity contribution in [2.24, 2.45) is 0 Å². The molecule has 1 rings (SSSR count). The highest BCUT2D eigenvalue weighted by molar-refractivity contribution is 5.83. The first kappa shape index (κ1) is 14.0. The maximum Gasteiger partial charge on any atom is 0.332 e. The number of carbonyl (C=O) groups is 2. The molecule has 1 aliphatic rings. The predicted molar refractivity (Wildman–Crippen MR) is 62.7 cm³/mol. The van der Waals surface area contributed by atoms with Crippen LogP contribution in [0.1, 0.15) is 40.0 Å². The summed E-state index contributed by atoms with van der Waals surface area (Å²) in [7, 11) is 0. The Morgan fingerprint density at radius 3 is 2.35 bits per heavy atom. The molecular formula is C12H21NO4. The van der Waals surface area contributed by atoms with E-state index in [1.807, 2.05) is 20.8 Å². The molecule has 0 bridgehead atoms. The fourth-order valence-corrected chi connectivity index (χ4v) is 2.05. The van der Waals surface area contributed by atoms with Gasteiger partial charge in [0, 0.05) is 12.6 Å². The monoisotopic (exact) mass is 243 g/mol. The predicted octanol–water partition coefficient (Wildman–Crippen LogP) is 1.27. The van der Waals surface area contributed by atoms with E-state index in [1.165, 1.54) is 0 Å². The summed E-state index contributed by atoms with van der Waals surface area (Å²) in [5.74, 6) is -1.06. The maximum absolute atomic E-state index is 12.2. The Hall–Kier alpha value is -1.10. The van der Waals surface area contributed by atoms with Gasteiger partial charge in [0.2, 0.25) is 0 Å². The van der Waals surface area contributed by atoms with E-state index < -0.39 is 18.2 Å². The second-order valence-electron chi connectivity index (χ2n) is 4.65. The van der Waals surface area contributed by atoms with Crippen molar-refractivity contribution in [3.8, 4) is 0 Å². The Kier molecular flexibility index (Phi) is 4.93. The molecule has 0 radical (unpaired) electrons. The summed E-state index contributed by atoms with van der Waals surface area (Å²) in [5, 5.41) is 8.81. The summed E-state index contributed by atoms with van der Waals surface area (Å²) in [6, 6.07) is 0.120. The minimum absolute atomic E-state index is 0.0781. The Bertz CT molecular complexity index is 290. The molecular weight excluding hydrogens is 222 g/mol. The van der Waals surface area contributed by atoms with Crippen molar-refractivity contribution in [1.29, 1.82) is 0 Å². The van der Waals surface area contributed by atoms with Gasteiger partial charge >= 0.3 is 5.97 Å². The molecule has 0 unspecified atom stereocenters. The van der Waals surface area contributed by atoms with Crippen molar-refractivity contribution in [3.05, 3.63) is 0 Å². The smallest absolute Gasteiger partial charge is 0.332 e. The molecule has 1 saturated heterocycles. The lowest BCUT2D eigenvalue weighted by atomic mass is 10.1. The number of hydrogen-bond acceptors (Lipinski definition) is 3. The molecule has 5 heteroatoms. The first-order valence-electron chi connectivity index (χ1n) is 6.16. The van der Waals surface area contributed by atoms with Gasteiger partial charge in [0.05, 0.1) is 0 Å². The van der Waals surface area contributed by atoms with Gasteiger partial charge in [-0.15, -0.1) is 0 Å². The van der Waals surface area contributed by atoms with Gasteiger partial charge in [0.25, 0.3) is 5.91 Å². The van der Waals surface area contributed by atoms with Crippen LogP contribution in [-0.4, -0.2) is 46.7 Å². The zero-order valence-electron chi connectivity index (χ0n) is 10.7. The largest absolute Gasteiger partial charge is 0.479 e. The molecule has 1 amide bonds. The Balaban J connectivity index is 2.60. The second-order valence-corrected chi connectivity index (χ2v) is 4.65. The van der Waals surface area contributed by atoms with Crippen molar-refractivity contribution >= 4 is 11.9 Å². The molecule has 98 valence electrons. The summed E-state index contributed by atoms with van der Waals surface area (Å²) in [6.45, 7) is 6.61. The first-order chi connectivity index (χ1) is 7.97. The van der Waals surface area contributed by atoms with Gasteiger partial charge in [0.15, 0.2) is 6.10 Å². The van der Waals surface area contributed by atoms with E-state index in [4.69, 9.17) is 9.84 Å². The zero-order chi connectivity index (χ0) is 13.0. The van der Waals surface area contributed by atoms with Gasteiger partial charge < -0.3 is 14.7 Å². The topological polar surface area (TPSA) is 66.8 Å². The third-order valence-electron chi connectivity index (χ3n) is 2.94. The summed E-state index contributed by atoms with van der Waals surface area (Å²) >= 11 is 0. The molecule has 17 heavy (non-hydrogen) atoms. The number of ether oxygens (including phenoxy) is 1. The van der Waals surface area contributed by atoms with Crippen LogP contribution in [0.2, 0.25) is 0 Å². The molecule has 1 aliphatic heterocycles. The quantitative estimate of drug-likeness (QED) is 0.789. The van der Waals surface area contributed by atoms with Crippen LogP contribution in [0.5, 0.6) is 0 Å². The molecule has 0 aliphatic carbocycles. The van der Waals surface area contributed by atoms with Crippen LogP contribution in [0.3, 0.4) is 0 Å². The lowest BCUT2D eigenvalue weighted by Gasteiger charge is -2.28. The number of amides is 1. The van der Waals surface area contributed by atoms with Crippen molar-refractivity contribution in [2.45, 2.75) is 58.3 Å². The highest BCUT2D eigenvalue weighted by atomic mass is 16.5. The van der Waals surface area contributed by atoms with E-state index >= 15 is 0 Å². The molecule has 0 aromatic carbocycles. The molecule has 5 nitrogen and oxygen atoms in total. The lowest BCUT2D eigenvalue weighted by molar-refractivity contribution is -0.155. The van der Waals surface area contributed by atoms with E-state index in [9.17, 15) is 9.59 Å². The third kappa shape index (κ3) is 3.43. The van der Waals surface area contributed by atoms with Crippen LogP contribution in [-0.2, 0) is 14.3 Å². The molecule has 1 fully saturated rings. The number of carboxylic acids is 1. The van der Waals surface area contributed by atoms with Crippen LogP contribution >= 0.6 is 0 Å². The molecule has 2 atom stereocenters. The van der Waals surface area contributed by atoms with Gasteiger partial charge in [-0.3, -0.25) is 4.79 Å². The van der Waals surface area contributed by atoms with Gasteiger partial charge in [-0.25, -0.2) is 4.79 Å². The van der Waals surface area contributed by atoms with E-state index in [1.54, 1.807) is 4.90 Å². The normalized spacial score (nSPS) is 24.0. The van der Waals surface area contributed by atoms with Crippen LogP contribution in [0.4, 0.5) is 0 Å². The number of carbonyl (C=O) groups excluding carboxylic acids is 1. The van der Waals surface area contributed by atoms with Gasteiger partial charge in [-0.05, 0) is 33.1 Å². The third-order valence-corrected chi connectivity index (χ3v) is 2.94. The molecule has 0 aromatic rings. The van der Waals surface area contributed by atoms with E-state index in [0.717, 1.165) is 6.42 Å². The number of rotatable bonds is 5. The van der Waals surface area contributed by atoms with Gasteiger partial charge in [0.1, 0.15) is 6.10 Å². The number of hydrogen-bond donors (Lipinski definition) is 1. The Morgan fingerprint density at radius 2 is 1.94 bits per heavy atom. The second kappa shape index (κ2) is 6.00. The standard InChI is InChI=1S/C12H21NO4/c1-4-7-13(8(2)3)11(14)9-5-6-10(17-9)12(15)16/h8-10H,4-7H2,1-3H3,(H,15,16)/t9-,10+/m0/s1. The Morgan fingerprint density at radius 1 is 1.35 bits per heavy atom. The Labute approximate surface area is 102 Å². The fourth-order valence-electron chi connectivity index (χ4n) is 2.05. The highest BCUT2D eigenvalue weighted by Gasteiger charge is 2.37. The minimum Gasteiger partial charge on any atom is -0.479 e. The van der Waals surface area contributed by atoms with Crippen molar-refractivity contribution < 1.29 is 19.4 Å². The van der Waals surface area contributed by atoms with E-state index in [2.05, 4.69) is 0 Å². The van der Waals surface area contributed by atoms with Crippen molar-refractivity contribution in [1.82, 2.24) is 4.90 Å². The fraction of sp³-hybridized carbons (Fsp3) is 0.833. The average molecular weight is 243 g/mol. The van der Waals surface area contributed by atoms with E-state index in [-0.39, 0.29) is 11.9 Å². The van der Waals surface area contributed by atoms with E-state index in [0.29, 0.717) is 19.4 Å². The van der Waals surface area contributed by atoms with Crippen molar-refractivity contribution in [2.75, 3.05) is 6.54 Å². The lowest BCUT2D eigenvalue weighted by Crippen LogP contribution is -2.44. The van der Waals surface area contributed by atoms with Crippen LogP contribution in [0.15, 0.2) is 0 Å². The first-order valence-corrected chi connectivity index (χ1v) is 6.16. The molecule has 0 saturated carbocycles. The molecule has 1 N–H and O–H groups in total. The zero-order valence-corrected chi connectivity index (χ0v) is 10.7.